The molecule has 0 unspecified atom stereocenters. The zero-order valence-electron chi connectivity index (χ0n) is 15.4. The van der Waals surface area contributed by atoms with E-state index in [4.69, 9.17) is 4.98 Å². The van der Waals surface area contributed by atoms with Crippen molar-refractivity contribution in [1.82, 2.24) is 14.8 Å². The molecule has 0 saturated carbocycles. The van der Waals surface area contributed by atoms with E-state index in [1.54, 1.807) is 23.1 Å². The molecule has 2 heterocycles. The van der Waals surface area contributed by atoms with Crippen molar-refractivity contribution in [2.75, 3.05) is 31.9 Å². The van der Waals surface area contributed by atoms with E-state index < -0.39 is 0 Å². The molecule has 1 saturated heterocycles. The van der Waals surface area contributed by atoms with Gasteiger partial charge in [0.05, 0.1) is 22.5 Å². The molecule has 1 aromatic heterocycles. The van der Waals surface area contributed by atoms with Crippen LogP contribution in [0.4, 0.5) is 0 Å². The Kier molecular flexibility index (Phi) is 5.76. The predicted octanol–water partition coefficient (Wildman–Crippen LogP) is 4.04. The van der Waals surface area contributed by atoms with Gasteiger partial charge in [-0.3, -0.25) is 9.69 Å². The van der Waals surface area contributed by atoms with E-state index in [0.717, 1.165) is 48.1 Å². The van der Waals surface area contributed by atoms with Crippen molar-refractivity contribution in [3.05, 3.63) is 59.1 Å². The number of thioether (sulfide) groups is 1. The fraction of sp³-hybridized carbons (Fsp3) is 0.333. The lowest BCUT2D eigenvalue weighted by Gasteiger charge is -2.34. The standard InChI is InChI=1S/C21H23N3OS2/c1-16-6-8-17(9-7-16)26-15-21(25)24-12-10-23(11-13-24)14-20-22-18-4-2-3-5-19(18)27-20/h2-9H,10-15H2,1H3. The summed E-state index contributed by atoms with van der Waals surface area (Å²) >= 11 is 3.39. The second-order valence-electron chi connectivity index (χ2n) is 6.83. The molecule has 1 aliphatic rings. The summed E-state index contributed by atoms with van der Waals surface area (Å²) in [5.74, 6) is 0.751. The highest BCUT2D eigenvalue weighted by Gasteiger charge is 2.21. The van der Waals surface area contributed by atoms with Crippen LogP contribution in [0.1, 0.15) is 10.6 Å². The number of aromatic nitrogens is 1. The lowest BCUT2D eigenvalue weighted by Crippen LogP contribution is -2.48. The number of fused-ring (bicyclic) bond motifs is 1. The van der Waals surface area contributed by atoms with Crippen molar-refractivity contribution in [1.29, 1.82) is 0 Å². The second kappa shape index (κ2) is 8.42. The number of hydrogen-bond acceptors (Lipinski definition) is 5. The minimum atomic E-state index is 0.236. The minimum Gasteiger partial charge on any atom is -0.339 e. The van der Waals surface area contributed by atoms with Crippen LogP contribution in [-0.4, -0.2) is 52.6 Å². The maximum Gasteiger partial charge on any atom is 0.233 e. The van der Waals surface area contributed by atoms with E-state index in [2.05, 4.69) is 54.3 Å². The molecule has 1 aliphatic heterocycles. The van der Waals surface area contributed by atoms with Gasteiger partial charge in [-0.2, -0.15) is 0 Å². The molecule has 1 fully saturated rings. The number of aryl methyl sites for hydroxylation is 1. The van der Waals surface area contributed by atoms with Gasteiger partial charge in [0.25, 0.3) is 0 Å². The SMILES string of the molecule is Cc1ccc(SCC(=O)N2CCN(Cc3nc4ccccc4s3)CC2)cc1. The summed E-state index contributed by atoms with van der Waals surface area (Å²) in [4.78, 5) is 22.8. The summed E-state index contributed by atoms with van der Waals surface area (Å²) in [6.45, 7) is 6.39. The number of nitrogens with zero attached hydrogens (tertiary/aromatic N) is 3. The van der Waals surface area contributed by atoms with Crippen LogP contribution >= 0.6 is 23.1 Å². The monoisotopic (exact) mass is 397 g/mol. The molecule has 6 heteroatoms. The van der Waals surface area contributed by atoms with Gasteiger partial charge in [-0.05, 0) is 31.2 Å². The number of carbonyl (C=O) groups excluding carboxylic acids is 1. The van der Waals surface area contributed by atoms with E-state index in [0.29, 0.717) is 5.75 Å². The second-order valence-corrected chi connectivity index (χ2v) is 9.00. The molecular formula is C21H23N3OS2. The van der Waals surface area contributed by atoms with Gasteiger partial charge in [0.2, 0.25) is 5.91 Å². The van der Waals surface area contributed by atoms with Crippen LogP contribution in [0.15, 0.2) is 53.4 Å². The van der Waals surface area contributed by atoms with Crippen molar-refractivity contribution < 1.29 is 4.79 Å². The molecule has 2 aromatic carbocycles. The Morgan fingerprint density at radius 3 is 2.56 bits per heavy atom. The fourth-order valence-corrected chi connectivity index (χ4v) is 5.02. The van der Waals surface area contributed by atoms with Crippen LogP contribution in [0.3, 0.4) is 0 Å². The first-order chi connectivity index (χ1) is 13.2. The number of piperazine rings is 1. The topological polar surface area (TPSA) is 36.4 Å². The van der Waals surface area contributed by atoms with Crippen LogP contribution in [0.5, 0.6) is 0 Å². The molecule has 0 aliphatic carbocycles. The maximum absolute atomic E-state index is 12.5. The largest absolute Gasteiger partial charge is 0.339 e. The first-order valence-electron chi connectivity index (χ1n) is 9.21. The number of amides is 1. The van der Waals surface area contributed by atoms with Crippen LogP contribution < -0.4 is 0 Å². The van der Waals surface area contributed by atoms with Crippen molar-refractivity contribution in [3.63, 3.8) is 0 Å². The summed E-state index contributed by atoms with van der Waals surface area (Å²) in [7, 11) is 0. The van der Waals surface area contributed by atoms with Crippen LogP contribution in [0, 0.1) is 6.92 Å². The minimum absolute atomic E-state index is 0.236. The number of benzene rings is 2. The van der Waals surface area contributed by atoms with E-state index >= 15 is 0 Å². The van der Waals surface area contributed by atoms with Crippen molar-refractivity contribution >= 4 is 39.2 Å². The normalized spacial score (nSPS) is 15.4. The molecule has 4 rings (SSSR count). The molecule has 140 valence electrons. The molecule has 27 heavy (non-hydrogen) atoms. The Morgan fingerprint density at radius 1 is 1.07 bits per heavy atom. The molecule has 3 aromatic rings. The molecule has 1 amide bonds. The zero-order chi connectivity index (χ0) is 18.6. The van der Waals surface area contributed by atoms with E-state index in [9.17, 15) is 4.79 Å². The summed E-state index contributed by atoms with van der Waals surface area (Å²) in [5, 5.41) is 1.16. The van der Waals surface area contributed by atoms with Gasteiger partial charge in [0, 0.05) is 31.1 Å². The summed E-state index contributed by atoms with van der Waals surface area (Å²) in [5.41, 5.74) is 2.33. The van der Waals surface area contributed by atoms with Gasteiger partial charge in [-0.25, -0.2) is 4.98 Å². The average Bonchev–Trinajstić information content (AvgIpc) is 3.10. The van der Waals surface area contributed by atoms with Crippen molar-refractivity contribution in [2.24, 2.45) is 0 Å². The van der Waals surface area contributed by atoms with Crippen LogP contribution in [-0.2, 0) is 11.3 Å². The van der Waals surface area contributed by atoms with Gasteiger partial charge in [0.15, 0.2) is 0 Å². The van der Waals surface area contributed by atoms with Gasteiger partial charge >= 0.3 is 0 Å². The number of rotatable bonds is 5. The van der Waals surface area contributed by atoms with Gasteiger partial charge in [-0.1, -0.05) is 29.8 Å². The number of para-hydroxylation sites is 1. The number of carbonyl (C=O) groups is 1. The quantitative estimate of drug-likeness (QED) is 0.609. The smallest absolute Gasteiger partial charge is 0.233 e. The van der Waals surface area contributed by atoms with E-state index in [-0.39, 0.29) is 5.91 Å². The molecule has 0 atom stereocenters. The Morgan fingerprint density at radius 2 is 1.81 bits per heavy atom. The van der Waals surface area contributed by atoms with Crippen molar-refractivity contribution in [2.45, 2.75) is 18.4 Å². The highest BCUT2D eigenvalue weighted by atomic mass is 32.2. The highest BCUT2D eigenvalue weighted by Crippen LogP contribution is 2.23. The lowest BCUT2D eigenvalue weighted by molar-refractivity contribution is -0.130. The molecular weight excluding hydrogens is 374 g/mol. The van der Waals surface area contributed by atoms with Gasteiger partial charge in [0.1, 0.15) is 5.01 Å². The first-order valence-corrected chi connectivity index (χ1v) is 11.0. The lowest BCUT2D eigenvalue weighted by atomic mass is 10.2. The Hall–Kier alpha value is -1.89. The Bertz CT molecular complexity index is 882. The summed E-state index contributed by atoms with van der Waals surface area (Å²) in [6.07, 6.45) is 0. The third kappa shape index (κ3) is 4.69. The third-order valence-electron chi connectivity index (χ3n) is 4.81. The van der Waals surface area contributed by atoms with Crippen LogP contribution in [0.2, 0.25) is 0 Å². The van der Waals surface area contributed by atoms with Crippen LogP contribution in [0.25, 0.3) is 10.2 Å². The molecule has 0 N–H and O–H groups in total. The fourth-order valence-electron chi connectivity index (χ4n) is 3.21. The zero-order valence-corrected chi connectivity index (χ0v) is 17.1. The van der Waals surface area contributed by atoms with E-state index in [1.165, 1.54) is 10.3 Å². The Balaban J connectivity index is 1.25. The average molecular weight is 398 g/mol. The molecule has 4 nitrogen and oxygen atoms in total. The highest BCUT2D eigenvalue weighted by molar-refractivity contribution is 8.00. The molecule has 0 spiro atoms. The van der Waals surface area contributed by atoms with Gasteiger partial charge < -0.3 is 4.90 Å². The number of thiazole rings is 1. The predicted molar refractivity (Wildman–Crippen MR) is 113 cm³/mol. The first kappa shape index (κ1) is 18.5. The third-order valence-corrected chi connectivity index (χ3v) is 6.82. The maximum atomic E-state index is 12.5. The Labute approximate surface area is 168 Å². The van der Waals surface area contributed by atoms with Crippen molar-refractivity contribution in [3.8, 4) is 0 Å². The summed E-state index contributed by atoms with van der Waals surface area (Å²) in [6, 6.07) is 16.6. The van der Waals surface area contributed by atoms with E-state index in [1.807, 2.05) is 11.0 Å². The van der Waals surface area contributed by atoms with Gasteiger partial charge in [-0.15, -0.1) is 23.1 Å². The number of hydrogen-bond donors (Lipinski definition) is 0. The molecule has 0 bridgehead atoms. The summed E-state index contributed by atoms with van der Waals surface area (Å²) < 4.78 is 1.24. The molecule has 0 radical (unpaired) electrons.